The largest absolute Gasteiger partial charge is 0.351 e. The summed E-state index contributed by atoms with van der Waals surface area (Å²) in [6.07, 6.45) is 3.90. The molecular formula is C13H14FN3O. The zero-order valence-electron chi connectivity index (χ0n) is 10.1. The van der Waals surface area contributed by atoms with E-state index in [-0.39, 0.29) is 11.7 Å². The summed E-state index contributed by atoms with van der Waals surface area (Å²) in [5.74, 6) is -0.491. The molecule has 0 atom stereocenters. The van der Waals surface area contributed by atoms with Crippen molar-refractivity contribution in [3.63, 3.8) is 0 Å². The Morgan fingerprint density at radius 3 is 2.78 bits per heavy atom. The van der Waals surface area contributed by atoms with Gasteiger partial charge < -0.3 is 5.32 Å². The lowest BCUT2D eigenvalue weighted by atomic mass is 10.3. The second-order valence-corrected chi connectivity index (χ2v) is 3.88. The number of nitrogens with zero attached hydrogens (tertiary/aromatic N) is 2. The Bertz CT molecular complexity index is 533. The van der Waals surface area contributed by atoms with Gasteiger partial charge >= 0.3 is 0 Å². The van der Waals surface area contributed by atoms with E-state index < -0.39 is 0 Å². The average Bonchev–Trinajstić information content (AvgIpc) is 2.86. The monoisotopic (exact) mass is 247 g/mol. The third kappa shape index (κ3) is 2.56. The smallest absolute Gasteiger partial charge is 0.269 e. The Labute approximate surface area is 104 Å². The standard InChI is InChI=1S/C13H14FN3O/c1-2-7-16-13(18)12-8-15-9-17(12)11-5-3-10(14)4-6-11/h3-6,8-9H,2,7H2,1H3,(H,16,18). The van der Waals surface area contributed by atoms with Crippen LogP contribution in [0.1, 0.15) is 23.8 Å². The van der Waals surface area contributed by atoms with Gasteiger partial charge in [0.1, 0.15) is 11.5 Å². The minimum Gasteiger partial charge on any atom is -0.351 e. The van der Waals surface area contributed by atoms with Gasteiger partial charge in [0, 0.05) is 12.2 Å². The van der Waals surface area contributed by atoms with E-state index in [1.807, 2.05) is 6.92 Å². The third-order valence-electron chi connectivity index (χ3n) is 2.51. The van der Waals surface area contributed by atoms with Crippen LogP contribution in [0.25, 0.3) is 5.69 Å². The highest BCUT2D eigenvalue weighted by Gasteiger charge is 2.12. The molecule has 1 amide bonds. The number of nitrogens with one attached hydrogen (secondary N) is 1. The van der Waals surface area contributed by atoms with Gasteiger partial charge in [-0.2, -0.15) is 0 Å². The van der Waals surface area contributed by atoms with Crippen molar-refractivity contribution in [3.05, 3.63) is 48.3 Å². The van der Waals surface area contributed by atoms with Gasteiger partial charge in [-0.25, -0.2) is 9.37 Å². The second kappa shape index (κ2) is 5.44. The zero-order valence-corrected chi connectivity index (χ0v) is 10.1. The molecule has 0 saturated heterocycles. The molecule has 0 aliphatic rings. The highest BCUT2D eigenvalue weighted by atomic mass is 19.1. The Morgan fingerprint density at radius 1 is 1.39 bits per heavy atom. The van der Waals surface area contributed by atoms with Crippen LogP contribution in [0.2, 0.25) is 0 Å². The second-order valence-electron chi connectivity index (χ2n) is 3.88. The number of aromatic nitrogens is 2. The van der Waals surface area contributed by atoms with Gasteiger partial charge in [0.05, 0.1) is 12.5 Å². The summed E-state index contributed by atoms with van der Waals surface area (Å²) >= 11 is 0. The molecule has 0 spiro atoms. The maximum Gasteiger partial charge on any atom is 0.269 e. The number of carbonyl (C=O) groups excluding carboxylic acids is 1. The van der Waals surface area contributed by atoms with E-state index in [2.05, 4.69) is 10.3 Å². The molecule has 0 bridgehead atoms. The number of hydrogen-bond donors (Lipinski definition) is 1. The Balaban J connectivity index is 2.27. The van der Waals surface area contributed by atoms with Crippen molar-refractivity contribution in [3.8, 4) is 5.69 Å². The number of hydrogen-bond acceptors (Lipinski definition) is 2. The molecular weight excluding hydrogens is 233 g/mol. The van der Waals surface area contributed by atoms with Crippen LogP contribution in [0.15, 0.2) is 36.8 Å². The highest BCUT2D eigenvalue weighted by molar-refractivity contribution is 5.92. The predicted molar refractivity (Wildman–Crippen MR) is 66.1 cm³/mol. The molecule has 1 aromatic heterocycles. The Morgan fingerprint density at radius 2 is 2.11 bits per heavy atom. The molecule has 0 aliphatic carbocycles. The molecule has 4 nitrogen and oxygen atoms in total. The molecule has 0 radical (unpaired) electrons. The van der Waals surface area contributed by atoms with Crippen molar-refractivity contribution in [1.82, 2.24) is 14.9 Å². The molecule has 2 aromatic rings. The molecule has 0 unspecified atom stereocenters. The molecule has 94 valence electrons. The number of rotatable bonds is 4. The quantitative estimate of drug-likeness (QED) is 0.899. The maximum atomic E-state index is 12.8. The predicted octanol–water partition coefficient (Wildman–Crippen LogP) is 2.15. The summed E-state index contributed by atoms with van der Waals surface area (Å²) in [6.45, 7) is 2.60. The van der Waals surface area contributed by atoms with E-state index in [9.17, 15) is 9.18 Å². The highest BCUT2D eigenvalue weighted by Crippen LogP contribution is 2.12. The normalized spacial score (nSPS) is 10.3. The molecule has 1 N–H and O–H groups in total. The van der Waals surface area contributed by atoms with Gasteiger partial charge in [-0.1, -0.05) is 6.92 Å². The summed E-state index contributed by atoms with van der Waals surface area (Å²) < 4.78 is 14.5. The first-order valence-electron chi connectivity index (χ1n) is 5.79. The fourth-order valence-corrected chi connectivity index (χ4v) is 1.60. The molecule has 1 heterocycles. The van der Waals surface area contributed by atoms with Crippen LogP contribution in [0.3, 0.4) is 0 Å². The number of halogens is 1. The summed E-state index contributed by atoms with van der Waals surface area (Å²) in [5, 5.41) is 2.78. The summed E-state index contributed by atoms with van der Waals surface area (Å²) in [6, 6.07) is 5.91. The third-order valence-corrected chi connectivity index (χ3v) is 2.51. The van der Waals surface area contributed by atoms with Gasteiger partial charge in [-0.05, 0) is 30.7 Å². The van der Waals surface area contributed by atoms with E-state index >= 15 is 0 Å². The van der Waals surface area contributed by atoms with E-state index in [4.69, 9.17) is 0 Å². The van der Waals surface area contributed by atoms with E-state index in [1.54, 1.807) is 16.7 Å². The molecule has 0 aliphatic heterocycles. The SMILES string of the molecule is CCCNC(=O)c1cncn1-c1ccc(F)cc1. The fourth-order valence-electron chi connectivity index (χ4n) is 1.60. The topological polar surface area (TPSA) is 46.9 Å². The number of imidazole rings is 1. The molecule has 18 heavy (non-hydrogen) atoms. The van der Waals surface area contributed by atoms with Crippen LogP contribution in [-0.4, -0.2) is 22.0 Å². The van der Waals surface area contributed by atoms with Crippen LogP contribution in [-0.2, 0) is 0 Å². The molecule has 1 aromatic carbocycles. The first-order valence-corrected chi connectivity index (χ1v) is 5.79. The van der Waals surface area contributed by atoms with Crippen molar-refractivity contribution in [1.29, 1.82) is 0 Å². The number of benzene rings is 1. The van der Waals surface area contributed by atoms with Crippen molar-refractivity contribution < 1.29 is 9.18 Å². The van der Waals surface area contributed by atoms with Crippen molar-refractivity contribution in [2.24, 2.45) is 0 Å². The average molecular weight is 247 g/mol. The zero-order chi connectivity index (χ0) is 13.0. The van der Waals surface area contributed by atoms with Gasteiger partial charge in [0.2, 0.25) is 0 Å². The Kier molecular flexibility index (Phi) is 3.72. The molecule has 5 heteroatoms. The maximum absolute atomic E-state index is 12.8. The van der Waals surface area contributed by atoms with E-state index in [1.165, 1.54) is 24.7 Å². The summed E-state index contributed by atoms with van der Waals surface area (Å²) in [4.78, 5) is 15.8. The number of carbonyl (C=O) groups is 1. The van der Waals surface area contributed by atoms with Crippen molar-refractivity contribution in [2.75, 3.05) is 6.54 Å². The number of amides is 1. The Hall–Kier alpha value is -2.17. The van der Waals surface area contributed by atoms with Crippen LogP contribution in [0.4, 0.5) is 4.39 Å². The lowest BCUT2D eigenvalue weighted by Gasteiger charge is -2.08. The van der Waals surface area contributed by atoms with Crippen LogP contribution in [0, 0.1) is 5.82 Å². The minimum atomic E-state index is -0.309. The van der Waals surface area contributed by atoms with Gasteiger partial charge in [0.25, 0.3) is 5.91 Å². The molecule has 0 saturated carbocycles. The first-order chi connectivity index (χ1) is 8.72. The summed E-state index contributed by atoms with van der Waals surface area (Å²) in [7, 11) is 0. The first kappa shape index (κ1) is 12.3. The van der Waals surface area contributed by atoms with E-state index in [0.29, 0.717) is 17.9 Å². The van der Waals surface area contributed by atoms with Crippen LogP contribution < -0.4 is 5.32 Å². The lowest BCUT2D eigenvalue weighted by molar-refractivity contribution is 0.0947. The van der Waals surface area contributed by atoms with Gasteiger partial charge in [-0.15, -0.1) is 0 Å². The summed E-state index contributed by atoms with van der Waals surface area (Å²) in [5.41, 5.74) is 1.14. The minimum absolute atomic E-state index is 0.182. The van der Waals surface area contributed by atoms with Crippen LogP contribution >= 0.6 is 0 Å². The van der Waals surface area contributed by atoms with Gasteiger partial charge in [0.15, 0.2) is 0 Å². The van der Waals surface area contributed by atoms with Crippen molar-refractivity contribution in [2.45, 2.75) is 13.3 Å². The van der Waals surface area contributed by atoms with Crippen LogP contribution in [0.5, 0.6) is 0 Å². The van der Waals surface area contributed by atoms with Crippen molar-refractivity contribution >= 4 is 5.91 Å². The molecule has 2 rings (SSSR count). The molecule has 0 fully saturated rings. The fraction of sp³-hybridized carbons (Fsp3) is 0.231. The lowest BCUT2D eigenvalue weighted by Crippen LogP contribution is -2.26. The van der Waals surface area contributed by atoms with Gasteiger partial charge in [-0.3, -0.25) is 9.36 Å². The van der Waals surface area contributed by atoms with E-state index in [0.717, 1.165) is 6.42 Å².